The summed E-state index contributed by atoms with van der Waals surface area (Å²) in [5, 5.41) is 0. The molecule has 0 spiro atoms. The van der Waals surface area contributed by atoms with Crippen molar-refractivity contribution in [3.05, 3.63) is 59.2 Å². The summed E-state index contributed by atoms with van der Waals surface area (Å²) >= 11 is -2.26. The zero-order valence-electron chi connectivity index (χ0n) is 15.9. The number of piperazine rings is 1. The summed E-state index contributed by atoms with van der Waals surface area (Å²) in [7, 11) is 1.38. The van der Waals surface area contributed by atoms with Crippen LogP contribution in [0.2, 0.25) is 0 Å². The second-order valence-electron chi connectivity index (χ2n) is 6.48. The Morgan fingerprint density at radius 2 is 1.63 bits per heavy atom. The first kappa shape index (κ1) is 21.7. The summed E-state index contributed by atoms with van der Waals surface area (Å²) in [5.74, 6) is -2.64. The number of hydrogen-bond donors (Lipinski definition) is 2. The zero-order valence-corrected chi connectivity index (χ0v) is 16.7. The fourth-order valence-corrected chi connectivity index (χ4v) is 3.46. The predicted molar refractivity (Wildman–Crippen MR) is 106 cm³/mol. The monoisotopic (exact) mass is 439 g/mol. The van der Waals surface area contributed by atoms with Crippen molar-refractivity contribution in [3.63, 3.8) is 0 Å². The van der Waals surface area contributed by atoms with E-state index in [2.05, 4.69) is 4.72 Å². The van der Waals surface area contributed by atoms with Crippen LogP contribution in [-0.2, 0) is 11.3 Å². The lowest BCUT2D eigenvalue weighted by Gasteiger charge is -2.35. The average Bonchev–Trinajstić information content (AvgIpc) is 2.74. The second kappa shape index (κ2) is 9.18. The van der Waals surface area contributed by atoms with Crippen molar-refractivity contribution in [1.82, 2.24) is 9.80 Å². The van der Waals surface area contributed by atoms with Crippen molar-refractivity contribution in [3.8, 4) is 5.75 Å². The molecule has 11 heteroatoms. The molecule has 0 aromatic heterocycles. The first-order chi connectivity index (χ1) is 14.3. The second-order valence-corrected chi connectivity index (χ2v) is 7.18. The van der Waals surface area contributed by atoms with Crippen molar-refractivity contribution in [1.29, 1.82) is 0 Å². The Bertz CT molecular complexity index is 996. The van der Waals surface area contributed by atoms with E-state index in [1.54, 1.807) is 4.90 Å². The molecule has 1 heterocycles. The minimum Gasteiger partial charge on any atom is -0.496 e. The molecule has 1 aliphatic heterocycles. The van der Waals surface area contributed by atoms with Gasteiger partial charge in [0.15, 0.2) is 11.6 Å². The number of nitrogens with one attached hydrogen (secondary N) is 1. The zero-order chi connectivity index (χ0) is 21.8. The number of hydrogen-bond acceptors (Lipinski definition) is 4. The lowest BCUT2D eigenvalue weighted by Crippen LogP contribution is -2.50. The van der Waals surface area contributed by atoms with Crippen molar-refractivity contribution in [2.24, 2.45) is 0 Å². The summed E-state index contributed by atoms with van der Waals surface area (Å²) in [6.07, 6.45) is 0. The number of ether oxygens (including phenoxy) is 1. The van der Waals surface area contributed by atoms with Crippen molar-refractivity contribution in [2.45, 2.75) is 0 Å². The molecule has 0 saturated carbocycles. The van der Waals surface area contributed by atoms with Gasteiger partial charge in [-0.25, -0.2) is 13.0 Å². The highest BCUT2D eigenvalue weighted by atomic mass is 32.2. The number of amides is 2. The molecule has 1 saturated heterocycles. The van der Waals surface area contributed by atoms with Crippen LogP contribution in [0.4, 0.5) is 14.5 Å². The topological polar surface area (TPSA) is 99.2 Å². The van der Waals surface area contributed by atoms with Crippen molar-refractivity contribution >= 4 is 28.8 Å². The summed E-state index contributed by atoms with van der Waals surface area (Å²) in [6.45, 7) is 0.958. The number of rotatable bonds is 5. The molecule has 3 rings (SSSR count). The molecular weight excluding hydrogens is 420 g/mol. The lowest BCUT2D eigenvalue weighted by atomic mass is 10.1. The van der Waals surface area contributed by atoms with Crippen molar-refractivity contribution in [2.75, 3.05) is 38.0 Å². The van der Waals surface area contributed by atoms with Gasteiger partial charge in [-0.2, -0.15) is 0 Å². The number of nitrogens with zero attached hydrogens (tertiary/aromatic N) is 2. The summed E-state index contributed by atoms with van der Waals surface area (Å²) in [4.78, 5) is 28.4. The van der Waals surface area contributed by atoms with Crippen LogP contribution in [0, 0.1) is 11.6 Å². The van der Waals surface area contributed by atoms with E-state index >= 15 is 0 Å². The number of anilines is 1. The van der Waals surface area contributed by atoms with Crippen LogP contribution in [0.1, 0.15) is 20.7 Å². The number of benzene rings is 2. The van der Waals surface area contributed by atoms with Gasteiger partial charge in [0.05, 0.1) is 18.4 Å². The van der Waals surface area contributed by atoms with Gasteiger partial charge in [0.2, 0.25) is 0 Å². The highest BCUT2D eigenvalue weighted by molar-refractivity contribution is 7.80. The average molecular weight is 439 g/mol. The van der Waals surface area contributed by atoms with Gasteiger partial charge < -0.3 is 14.5 Å². The molecule has 1 fully saturated rings. The van der Waals surface area contributed by atoms with Gasteiger partial charge >= 0.3 is 0 Å². The fourth-order valence-electron chi connectivity index (χ4n) is 3.13. The van der Waals surface area contributed by atoms with Crippen LogP contribution in [0.5, 0.6) is 5.75 Å². The van der Waals surface area contributed by atoms with Crippen molar-refractivity contribution < 1.29 is 31.9 Å². The van der Waals surface area contributed by atoms with E-state index in [9.17, 15) is 22.6 Å². The van der Waals surface area contributed by atoms with E-state index < -0.39 is 28.8 Å². The van der Waals surface area contributed by atoms with Gasteiger partial charge in [-0.3, -0.25) is 18.9 Å². The first-order valence-electron chi connectivity index (χ1n) is 8.89. The Balaban J connectivity index is 1.67. The lowest BCUT2D eigenvalue weighted by molar-refractivity contribution is 0.0533. The molecule has 1 aliphatic rings. The summed E-state index contributed by atoms with van der Waals surface area (Å²) in [6, 6.07) is 7.37. The molecule has 160 valence electrons. The number of carbonyl (C=O) groups excluding carboxylic acids is 2. The van der Waals surface area contributed by atoms with E-state index in [1.807, 2.05) is 0 Å². The van der Waals surface area contributed by atoms with Crippen LogP contribution in [0.15, 0.2) is 36.4 Å². The molecule has 0 aliphatic carbocycles. The Kier molecular flexibility index (Phi) is 6.63. The largest absolute Gasteiger partial charge is 0.496 e. The maximum absolute atomic E-state index is 13.4. The minimum atomic E-state index is -2.26. The first-order valence-corrected chi connectivity index (χ1v) is 10.00. The maximum Gasteiger partial charge on any atom is 0.259 e. The van der Waals surface area contributed by atoms with Crippen LogP contribution in [0.3, 0.4) is 0 Å². The Hall–Kier alpha value is -3.05. The van der Waals surface area contributed by atoms with Gasteiger partial charge in [-0.1, -0.05) is 0 Å². The molecule has 8 nitrogen and oxygen atoms in total. The molecule has 30 heavy (non-hydrogen) atoms. The SMILES string of the molecule is COc1cc(NS(=O)O)ccc1C(=O)N1CCN(C(=O)c2ccc(F)c(F)c2)CC1. The van der Waals surface area contributed by atoms with E-state index in [4.69, 9.17) is 9.29 Å². The van der Waals surface area contributed by atoms with Gasteiger partial charge in [-0.15, -0.1) is 0 Å². The number of halogens is 2. The molecule has 1 atom stereocenters. The number of carbonyl (C=O) groups is 2. The summed E-state index contributed by atoms with van der Waals surface area (Å²) < 4.78 is 53.7. The molecule has 2 amide bonds. The van der Waals surface area contributed by atoms with Gasteiger partial charge in [0.25, 0.3) is 23.1 Å². The van der Waals surface area contributed by atoms with Gasteiger partial charge in [0.1, 0.15) is 5.75 Å². The smallest absolute Gasteiger partial charge is 0.259 e. The van der Waals surface area contributed by atoms with E-state index in [0.29, 0.717) is 5.69 Å². The van der Waals surface area contributed by atoms with Gasteiger partial charge in [0, 0.05) is 37.8 Å². The summed E-state index contributed by atoms with van der Waals surface area (Å²) in [5.41, 5.74) is 0.623. The molecule has 0 bridgehead atoms. The number of methoxy groups -OCH3 is 1. The van der Waals surface area contributed by atoms with E-state index in [0.717, 1.165) is 12.1 Å². The third-order valence-corrected chi connectivity index (χ3v) is 5.07. The molecule has 0 radical (unpaired) electrons. The molecular formula is C19H19F2N3O5S. The Labute approximate surface area is 173 Å². The van der Waals surface area contributed by atoms with E-state index in [1.165, 1.54) is 36.3 Å². The predicted octanol–water partition coefficient (Wildman–Crippen LogP) is 2.12. The molecule has 1 unspecified atom stereocenters. The van der Waals surface area contributed by atoms with Crippen LogP contribution in [0.25, 0.3) is 0 Å². The van der Waals surface area contributed by atoms with Crippen LogP contribution < -0.4 is 9.46 Å². The fraction of sp³-hybridized carbons (Fsp3) is 0.263. The third-order valence-electron chi connectivity index (χ3n) is 4.66. The Morgan fingerprint density at radius 1 is 1.00 bits per heavy atom. The quantitative estimate of drug-likeness (QED) is 0.696. The molecule has 2 N–H and O–H groups in total. The Morgan fingerprint density at radius 3 is 2.20 bits per heavy atom. The molecule has 2 aromatic carbocycles. The minimum absolute atomic E-state index is 0.0414. The normalized spacial score (nSPS) is 14.9. The van der Waals surface area contributed by atoms with E-state index in [-0.39, 0.29) is 49.0 Å². The standard InChI is InChI=1S/C19H19F2N3O5S/c1-29-17-11-13(22-30(27)28)3-4-14(17)19(26)24-8-6-23(7-9-24)18(25)12-2-5-15(20)16(21)10-12/h2-5,10-11,22H,6-9H2,1H3,(H,27,28). The van der Waals surface area contributed by atoms with Gasteiger partial charge in [-0.05, 0) is 30.3 Å². The van der Waals surface area contributed by atoms with Crippen LogP contribution >= 0.6 is 0 Å². The van der Waals surface area contributed by atoms with Crippen LogP contribution in [-0.4, -0.2) is 63.7 Å². The highest BCUT2D eigenvalue weighted by Crippen LogP contribution is 2.25. The maximum atomic E-state index is 13.4. The third kappa shape index (κ3) is 4.74. The molecule has 2 aromatic rings. The highest BCUT2D eigenvalue weighted by Gasteiger charge is 2.27.